The highest BCUT2D eigenvalue weighted by molar-refractivity contribution is 7.00. The van der Waals surface area contributed by atoms with Crippen LogP contribution in [-0.4, -0.2) is 57.2 Å². The van der Waals surface area contributed by atoms with E-state index in [1.54, 1.807) is 12.1 Å². The number of nitrogens with one attached hydrogen (secondary N) is 1. The number of fused-ring (bicyclic) bond motifs is 1. The van der Waals surface area contributed by atoms with E-state index in [4.69, 9.17) is 11.6 Å². The Balaban J connectivity index is 1.29. The predicted molar refractivity (Wildman–Crippen MR) is 109 cm³/mol. The summed E-state index contributed by atoms with van der Waals surface area (Å²) in [5.74, 6) is -0.355. The number of amides is 1. The summed E-state index contributed by atoms with van der Waals surface area (Å²) in [5.41, 5.74) is 2.71. The number of benzene rings is 2. The van der Waals surface area contributed by atoms with Crippen LogP contribution >= 0.6 is 23.3 Å². The van der Waals surface area contributed by atoms with E-state index in [1.165, 1.54) is 6.07 Å². The number of anilines is 1. The van der Waals surface area contributed by atoms with E-state index in [9.17, 15) is 9.18 Å². The molecule has 0 bridgehead atoms. The number of carbonyl (C=O) groups is 1. The third kappa shape index (κ3) is 4.30. The van der Waals surface area contributed by atoms with E-state index in [2.05, 4.69) is 23.9 Å². The van der Waals surface area contributed by atoms with Gasteiger partial charge in [0.15, 0.2) is 0 Å². The zero-order chi connectivity index (χ0) is 19.5. The third-order valence-electron chi connectivity index (χ3n) is 4.84. The summed E-state index contributed by atoms with van der Waals surface area (Å²) in [6.45, 7) is 3.77. The van der Waals surface area contributed by atoms with Crippen molar-refractivity contribution in [2.45, 2.75) is 6.54 Å². The fraction of sp³-hybridized carbons (Fsp3) is 0.316. The van der Waals surface area contributed by atoms with Crippen LogP contribution in [0, 0.1) is 5.82 Å². The largest absolute Gasteiger partial charge is 0.323 e. The van der Waals surface area contributed by atoms with Gasteiger partial charge in [-0.05, 0) is 24.3 Å². The van der Waals surface area contributed by atoms with Crippen LogP contribution in [-0.2, 0) is 11.3 Å². The second-order valence-corrected chi connectivity index (χ2v) is 7.67. The SMILES string of the molecule is O=C(CN1CCN(Cc2c(F)cccc2Cl)CC1)Nc1cccc2nsnc12. The summed E-state index contributed by atoms with van der Waals surface area (Å²) in [6.07, 6.45) is 0. The molecule has 1 aromatic heterocycles. The lowest BCUT2D eigenvalue weighted by Crippen LogP contribution is -2.48. The monoisotopic (exact) mass is 419 g/mol. The van der Waals surface area contributed by atoms with Crippen molar-refractivity contribution >= 4 is 46.0 Å². The highest BCUT2D eigenvalue weighted by Crippen LogP contribution is 2.22. The Labute approximate surface area is 171 Å². The maximum Gasteiger partial charge on any atom is 0.238 e. The first-order chi connectivity index (χ1) is 13.6. The average Bonchev–Trinajstić information content (AvgIpc) is 3.16. The quantitative estimate of drug-likeness (QED) is 0.688. The zero-order valence-electron chi connectivity index (χ0n) is 15.1. The summed E-state index contributed by atoms with van der Waals surface area (Å²) >= 11 is 7.25. The van der Waals surface area contributed by atoms with Crippen LogP contribution in [0.1, 0.15) is 5.56 Å². The molecule has 9 heteroatoms. The van der Waals surface area contributed by atoms with Crippen molar-refractivity contribution in [3.8, 4) is 0 Å². The zero-order valence-corrected chi connectivity index (χ0v) is 16.6. The van der Waals surface area contributed by atoms with Crippen LogP contribution in [0.4, 0.5) is 10.1 Å². The van der Waals surface area contributed by atoms with Gasteiger partial charge in [0.25, 0.3) is 0 Å². The third-order valence-corrected chi connectivity index (χ3v) is 5.73. The van der Waals surface area contributed by atoms with Gasteiger partial charge in [0.05, 0.1) is 24.0 Å². The molecule has 0 saturated carbocycles. The van der Waals surface area contributed by atoms with Crippen molar-refractivity contribution in [1.29, 1.82) is 0 Å². The standard InChI is InChI=1S/C19H19ClFN5OS/c20-14-3-1-4-15(21)13(14)11-25-7-9-26(10-8-25)12-18(27)22-16-5-2-6-17-19(16)24-28-23-17/h1-6H,7-12H2,(H,22,27). The molecule has 1 amide bonds. The van der Waals surface area contributed by atoms with Gasteiger partial charge in [-0.15, -0.1) is 0 Å². The molecular weight excluding hydrogens is 401 g/mol. The molecule has 0 aliphatic carbocycles. The smallest absolute Gasteiger partial charge is 0.238 e. The van der Waals surface area contributed by atoms with Gasteiger partial charge in [0.1, 0.15) is 16.9 Å². The number of nitrogens with zero attached hydrogens (tertiary/aromatic N) is 4. The van der Waals surface area contributed by atoms with Crippen LogP contribution in [0.15, 0.2) is 36.4 Å². The molecule has 1 aliphatic rings. The normalized spacial score (nSPS) is 15.8. The van der Waals surface area contributed by atoms with Gasteiger partial charge in [-0.3, -0.25) is 14.6 Å². The van der Waals surface area contributed by atoms with Gasteiger partial charge in [0.2, 0.25) is 5.91 Å². The molecule has 1 fully saturated rings. The summed E-state index contributed by atoms with van der Waals surface area (Å²) in [5, 5.41) is 3.38. The minimum Gasteiger partial charge on any atom is -0.323 e. The van der Waals surface area contributed by atoms with Gasteiger partial charge in [-0.2, -0.15) is 8.75 Å². The molecule has 0 radical (unpaired) electrons. The Hall–Kier alpha value is -2.13. The van der Waals surface area contributed by atoms with E-state index < -0.39 is 0 Å². The van der Waals surface area contributed by atoms with Gasteiger partial charge in [-0.1, -0.05) is 23.7 Å². The molecule has 0 spiro atoms. The predicted octanol–water partition coefficient (Wildman–Crippen LogP) is 3.24. The summed E-state index contributed by atoms with van der Waals surface area (Å²) in [6, 6.07) is 10.3. The average molecular weight is 420 g/mol. The fourth-order valence-electron chi connectivity index (χ4n) is 3.31. The molecule has 1 aliphatic heterocycles. The molecule has 146 valence electrons. The molecule has 28 heavy (non-hydrogen) atoms. The van der Waals surface area contributed by atoms with E-state index in [0.29, 0.717) is 34.9 Å². The molecular formula is C19H19ClFN5OS. The second-order valence-electron chi connectivity index (χ2n) is 6.74. The molecule has 3 aromatic rings. The number of halogens is 2. The topological polar surface area (TPSA) is 61.4 Å². The molecule has 2 heterocycles. The van der Waals surface area contributed by atoms with Crippen molar-refractivity contribution in [1.82, 2.24) is 18.5 Å². The maximum atomic E-state index is 14.0. The van der Waals surface area contributed by atoms with Gasteiger partial charge < -0.3 is 5.32 Å². The maximum absolute atomic E-state index is 14.0. The molecule has 0 atom stereocenters. The van der Waals surface area contributed by atoms with Crippen molar-refractivity contribution in [2.75, 3.05) is 38.0 Å². The number of aromatic nitrogens is 2. The first kappa shape index (κ1) is 19.2. The second kappa shape index (κ2) is 8.48. The van der Waals surface area contributed by atoms with Crippen molar-refractivity contribution < 1.29 is 9.18 Å². The van der Waals surface area contributed by atoms with Crippen molar-refractivity contribution in [2.24, 2.45) is 0 Å². The highest BCUT2D eigenvalue weighted by Gasteiger charge is 2.21. The van der Waals surface area contributed by atoms with Gasteiger partial charge >= 0.3 is 0 Å². The number of carbonyl (C=O) groups excluding carboxylic acids is 1. The summed E-state index contributed by atoms with van der Waals surface area (Å²) < 4.78 is 22.4. The Morgan fingerprint density at radius 2 is 1.86 bits per heavy atom. The number of piperazine rings is 1. The first-order valence-electron chi connectivity index (χ1n) is 8.99. The van der Waals surface area contributed by atoms with Crippen molar-refractivity contribution in [3.05, 3.63) is 52.8 Å². The van der Waals surface area contributed by atoms with Gasteiger partial charge in [-0.25, -0.2) is 4.39 Å². The van der Waals surface area contributed by atoms with Crippen LogP contribution in [0.3, 0.4) is 0 Å². The minimum absolute atomic E-state index is 0.0777. The van der Waals surface area contributed by atoms with Gasteiger partial charge in [0, 0.05) is 43.3 Å². The van der Waals surface area contributed by atoms with Crippen molar-refractivity contribution in [3.63, 3.8) is 0 Å². The first-order valence-corrected chi connectivity index (χ1v) is 10.1. The minimum atomic E-state index is -0.278. The molecule has 1 N–H and O–H groups in total. The molecule has 0 unspecified atom stereocenters. The number of hydrogen-bond acceptors (Lipinski definition) is 6. The Kier molecular flexibility index (Phi) is 5.82. The molecule has 1 saturated heterocycles. The Morgan fingerprint density at radius 3 is 2.64 bits per heavy atom. The fourth-order valence-corrected chi connectivity index (χ4v) is 4.08. The van der Waals surface area contributed by atoms with Crippen LogP contribution < -0.4 is 5.32 Å². The molecule has 4 rings (SSSR count). The van der Waals surface area contributed by atoms with Crippen LogP contribution in [0.5, 0.6) is 0 Å². The van der Waals surface area contributed by atoms with E-state index in [1.807, 2.05) is 18.2 Å². The summed E-state index contributed by atoms with van der Waals surface area (Å²) in [4.78, 5) is 16.7. The van der Waals surface area contributed by atoms with E-state index >= 15 is 0 Å². The Bertz CT molecular complexity index is 969. The molecule has 2 aromatic carbocycles. The van der Waals surface area contributed by atoms with E-state index in [-0.39, 0.29) is 11.7 Å². The van der Waals surface area contributed by atoms with E-state index in [0.717, 1.165) is 43.4 Å². The Morgan fingerprint density at radius 1 is 1.11 bits per heavy atom. The van der Waals surface area contributed by atoms with Crippen LogP contribution in [0.2, 0.25) is 5.02 Å². The lowest BCUT2D eigenvalue weighted by molar-refractivity contribution is -0.117. The number of rotatable bonds is 5. The lowest BCUT2D eigenvalue weighted by atomic mass is 10.2. The summed E-state index contributed by atoms with van der Waals surface area (Å²) in [7, 11) is 0. The molecule has 6 nitrogen and oxygen atoms in total. The lowest BCUT2D eigenvalue weighted by Gasteiger charge is -2.34. The highest BCUT2D eigenvalue weighted by atomic mass is 35.5. The van der Waals surface area contributed by atoms with Crippen LogP contribution in [0.25, 0.3) is 11.0 Å². The number of hydrogen-bond donors (Lipinski definition) is 1.